The van der Waals surface area contributed by atoms with Gasteiger partial charge < -0.3 is 10.6 Å². The standard InChI is InChI=1S/C13H18FN3/c14-10-1-2-12-11(9-10)13(3-4-16-12)17-7-5-15-6-8-17/h1-2,9,13,15-16H,3-8H2. The molecule has 92 valence electrons. The van der Waals surface area contributed by atoms with Gasteiger partial charge in [-0.2, -0.15) is 0 Å². The first kappa shape index (κ1) is 11.0. The van der Waals surface area contributed by atoms with E-state index in [-0.39, 0.29) is 5.82 Å². The van der Waals surface area contributed by atoms with Gasteiger partial charge in [-0.05, 0) is 30.2 Å². The first-order valence-electron chi connectivity index (χ1n) is 6.33. The fourth-order valence-corrected chi connectivity index (χ4v) is 2.84. The van der Waals surface area contributed by atoms with E-state index in [2.05, 4.69) is 15.5 Å². The van der Waals surface area contributed by atoms with Crippen molar-refractivity contribution in [1.82, 2.24) is 10.2 Å². The van der Waals surface area contributed by atoms with Gasteiger partial charge in [-0.1, -0.05) is 0 Å². The van der Waals surface area contributed by atoms with Crippen molar-refractivity contribution in [3.05, 3.63) is 29.6 Å². The van der Waals surface area contributed by atoms with E-state index in [1.807, 2.05) is 6.07 Å². The zero-order valence-corrected chi connectivity index (χ0v) is 9.88. The molecule has 0 radical (unpaired) electrons. The van der Waals surface area contributed by atoms with Gasteiger partial charge in [0.2, 0.25) is 0 Å². The van der Waals surface area contributed by atoms with E-state index in [1.54, 1.807) is 6.07 Å². The van der Waals surface area contributed by atoms with Gasteiger partial charge >= 0.3 is 0 Å². The monoisotopic (exact) mass is 235 g/mol. The summed E-state index contributed by atoms with van der Waals surface area (Å²) in [5.41, 5.74) is 2.22. The number of benzene rings is 1. The van der Waals surface area contributed by atoms with Crippen molar-refractivity contribution in [3.8, 4) is 0 Å². The van der Waals surface area contributed by atoms with Crippen LogP contribution in [0.1, 0.15) is 18.0 Å². The molecule has 4 heteroatoms. The number of fused-ring (bicyclic) bond motifs is 1. The maximum absolute atomic E-state index is 13.4. The Morgan fingerprint density at radius 3 is 2.82 bits per heavy atom. The van der Waals surface area contributed by atoms with Crippen molar-refractivity contribution in [3.63, 3.8) is 0 Å². The van der Waals surface area contributed by atoms with Crippen LogP contribution in [0.2, 0.25) is 0 Å². The SMILES string of the molecule is Fc1ccc2c(c1)C(N1CCNCC1)CCN2. The Hall–Kier alpha value is -1.13. The van der Waals surface area contributed by atoms with Crippen LogP contribution in [0.4, 0.5) is 10.1 Å². The van der Waals surface area contributed by atoms with Crippen molar-refractivity contribution in [2.24, 2.45) is 0 Å². The molecule has 3 nitrogen and oxygen atoms in total. The molecule has 1 aromatic rings. The van der Waals surface area contributed by atoms with Gasteiger partial charge in [0, 0.05) is 44.5 Å². The lowest BCUT2D eigenvalue weighted by atomic mass is 9.96. The summed E-state index contributed by atoms with van der Waals surface area (Å²) in [4.78, 5) is 2.47. The van der Waals surface area contributed by atoms with Gasteiger partial charge in [0.1, 0.15) is 5.82 Å². The van der Waals surface area contributed by atoms with E-state index in [0.717, 1.165) is 50.4 Å². The zero-order chi connectivity index (χ0) is 11.7. The summed E-state index contributed by atoms with van der Waals surface area (Å²) in [5.74, 6) is -0.132. The number of hydrogen-bond acceptors (Lipinski definition) is 3. The number of nitrogens with zero attached hydrogens (tertiary/aromatic N) is 1. The first-order chi connectivity index (χ1) is 8.34. The Morgan fingerprint density at radius 1 is 1.18 bits per heavy atom. The Balaban J connectivity index is 1.89. The van der Waals surface area contributed by atoms with Crippen molar-refractivity contribution in [2.45, 2.75) is 12.5 Å². The number of rotatable bonds is 1. The first-order valence-corrected chi connectivity index (χ1v) is 6.33. The Labute approximate surface area is 101 Å². The summed E-state index contributed by atoms with van der Waals surface area (Å²) in [6, 6.07) is 5.46. The molecule has 1 unspecified atom stereocenters. The number of hydrogen-bond donors (Lipinski definition) is 2. The lowest BCUT2D eigenvalue weighted by molar-refractivity contribution is 0.165. The molecule has 2 heterocycles. The molecule has 3 rings (SSSR count). The van der Waals surface area contributed by atoms with Crippen LogP contribution in [-0.4, -0.2) is 37.6 Å². The topological polar surface area (TPSA) is 27.3 Å². The lowest BCUT2D eigenvalue weighted by Crippen LogP contribution is -2.46. The predicted octanol–water partition coefficient (Wildman–Crippen LogP) is 1.59. The second kappa shape index (κ2) is 4.63. The number of halogens is 1. The van der Waals surface area contributed by atoms with Gasteiger partial charge in [0.05, 0.1) is 0 Å². The molecule has 1 saturated heterocycles. The molecular weight excluding hydrogens is 217 g/mol. The van der Waals surface area contributed by atoms with Crippen LogP contribution in [-0.2, 0) is 0 Å². The van der Waals surface area contributed by atoms with Crippen molar-refractivity contribution < 1.29 is 4.39 Å². The number of anilines is 1. The molecule has 1 aromatic carbocycles. The largest absolute Gasteiger partial charge is 0.385 e. The van der Waals surface area contributed by atoms with E-state index in [0.29, 0.717) is 6.04 Å². The van der Waals surface area contributed by atoms with Crippen LogP contribution in [0, 0.1) is 5.82 Å². The molecular formula is C13H18FN3. The molecule has 2 aliphatic heterocycles. The van der Waals surface area contributed by atoms with Gasteiger partial charge in [-0.15, -0.1) is 0 Å². The normalized spacial score (nSPS) is 25.1. The molecule has 2 aliphatic rings. The van der Waals surface area contributed by atoms with Crippen LogP contribution in [0.15, 0.2) is 18.2 Å². The average molecular weight is 235 g/mol. The smallest absolute Gasteiger partial charge is 0.123 e. The van der Waals surface area contributed by atoms with Gasteiger partial charge in [0.15, 0.2) is 0 Å². The van der Waals surface area contributed by atoms with Gasteiger partial charge in [-0.25, -0.2) is 4.39 Å². The summed E-state index contributed by atoms with van der Waals surface area (Å²) >= 11 is 0. The minimum atomic E-state index is -0.132. The highest BCUT2D eigenvalue weighted by Crippen LogP contribution is 2.34. The molecule has 0 bridgehead atoms. The van der Waals surface area contributed by atoms with E-state index in [9.17, 15) is 4.39 Å². The predicted molar refractivity (Wildman–Crippen MR) is 66.7 cm³/mol. The Bertz CT molecular complexity index is 402. The Morgan fingerprint density at radius 2 is 2.00 bits per heavy atom. The van der Waals surface area contributed by atoms with Crippen LogP contribution in [0.5, 0.6) is 0 Å². The van der Waals surface area contributed by atoms with Crippen molar-refractivity contribution in [1.29, 1.82) is 0 Å². The molecule has 0 spiro atoms. The molecule has 0 amide bonds. The van der Waals surface area contributed by atoms with Crippen LogP contribution in [0.3, 0.4) is 0 Å². The maximum atomic E-state index is 13.4. The summed E-state index contributed by atoms with van der Waals surface area (Å²) in [6.45, 7) is 5.16. The summed E-state index contributed by atoms with van der Waals surface area (Å²) in [5, 5.41) is 6.71. The van der Waals surface area contributed by atoms with E-state index >= 15 is 0 Å². The van der Waals surface area contributed by atoms with Crippen LogP contribution in [0.25, 0.3) is 0 Å². The number of nitrogens with one attached hydrogen (secondary N) is 2. The number of piperazine rings is 1. The fraction of sp³-hybridized carbons (Fsp3) is 0.538. The van der Waals surface area contributed by atoms with Crippen molar-refractivity contribution in [2.75, 3.05) is 38.0 Å². The quantitative estimate of drug-likeness (QED) is 0.774. The third-order valence-corrected chi connectivity index (χ3v) is 3.70. The zero-order valence-electron chi connectivity index (χ0n) is 9.88. The lowest BCUT2D eigenvalue weighted by Gasteiger charge is -2.38. The molecule has 0 saturated carbocycles. The minimum Gasteiger partial charge on any atom is -0.385 e. The summed E-state index contributed by atoms with van der Waals surface area (Å²) in [7, 11) is 0. The molecule has 2 N–H and O–H groups in total. The summed E-state index contributed by atoms with van der Waals surface area (Å²) < 4.78 is 13.4. The average Bonchev–Trinajstić information content (AvgIpc) is 2.39. The van der Waals surface area contributed by atoms with Gasteiger partial charge in [-0.3, -0.25) is 4.90 Å². The van der Waals surface area contributed by atoms with Crippen molar-refractivity contribution >= 4 is 5.69 Å². The summed E-state index contributed by atoms with van der Waals surface area (Å²) in [6.07, 6.45) is 1.07. The highest BCUT2D eigenvalue weighted by molar-refractivity contribution is 5.54. The second-order valence-corrected chi connectivity index (χ2v) is 4.75. The highest BCUT2D eigenvalue weighted by atomic mass is 19.1. The second-order valence-electron chi connectivity index (χ2n) is 4.75. The van der Waals surface area contributed by atoms with E-state index in [4.69, 9.17) is 0 Å². The van der Waals surface area contributed by atoms with E-state index < -0.39 is 0 Å². The highest BCUT2D eigenvalue weighted by Gasteiger charge is 2.26. The van der Waals surface area contributed by atoms with Gasteiger partial charge in [0.25, 0.3) is 0 Å². The molecule has 0 aliphatic carbocycles. The molecule has 0 aromatic heterocycles. The molecule has 1 fully saturated rings. The maximum Gasteiger partial charge on any atom is 0.123 e. The third-order valence-electron chi connectivity index (χ3n) is 3.70. The fourth-order valence-electron chi connectivity index (χ4n) is 2.84. The van der Waals surface area contributed by atoms with E-state index in [1.165, 1.54) is 6.07 Å². The van der Waals surface area contributed by atoms with Crippen LogP contribution < -0.4 is 10.6 Å². The van der Waals surface area contributed by atoms with Crippen LogP contribution >= 0.6 is 0 Å². The molecule has 1 atom stereocenters. The molecule has 17 heavy (non-hydrogen) atoms. The third kappa shape index (κ3) is 2.15. The Kier molecular flexibility index (Phi) is 2.99. The minimum absolute atomic E-state index is 0.132.